The molecule has 0 spiro atoms. The van der Waals surface area contributed by atoms with Crippen molar-refractivity contribution in [1.82, 2.24) is 9.88 Å². The maximum atomic E-state index is 12.5. The van der Waals surface area contributed by atoms with Crippen LogP contribution in [0, 0.1) is 0 Å². The molecule has 1 saturated heterocycles. The molecule has 1 aliphatic heterocycles. The van der Waals surface area contributed by atoms with E-state index in [1.165, 1.54) is 6.92 Å². The molecule has 1 aliphatic rings. The lowest BCUT2D eigenvalue weighted by Gasteiger charge is -2.33. The molecule has 26 heavy (non-hydrogen) atoms. The summed E-state index contributed by atoms with van der Waals surface area (Å²) in [5.41, 5.74) is 1.93. The zero-order valence-electron chi connectivity index (χ0n) is 15.0. The number of rotatable bonds is 4. The van der Waals surface area contributed by atoms with Gasteiger partial charge in [0.15, 0.2) is 0 Å². The van der Waals surface area contributed by atoms with Crippen molar-refractivity contribution in [3.05, 3.63) is 48.2 Å². The molecule has 1 aromatic carbocycles. The van der Waals surface area contributed by atoms with E-state index in [0.717, 1.165) is 32.0 Å². The van der Waals surface area contributed by atoms with Gasteiger partial charge in [-0.2, -0.15) is 0 Å². The van der Waals surface area contributed by atoms with E-state index >= 15 is 0 Å². The number of amides is 2. The lowest BCUT2D eigenvalue weighted by atomic mass is 10.2. The first-order chi connectivity index (χ1) is 12.5. The van der Waals surface area contributed by atoms with E-state index < -0.39 is 0 Å². The van der Waals surface area contributed by atoms with Crippen molar-refractivity contribution in [2.45, 2.75) is 6.92 Å². The summed E-state index contributed by atoms with van der Waals surface area (Å²) in [6, 6.07) is 10.5. The van der Waals surface area contributed by atoms with Gasteiger partial charge in [-0.15, -0.1) is 0 Å². The second-order valence-corrected chi connectivity index (χ2v) is 6.41. The number of pyridine rings is 1. The molecular weight excluding hydrogens is 330 g/mol. The van der Waals surface area contributed by atoms with E-state index in [4.69, 9.17) is 0 Å². The van der Waals surface area contributed by atoms with Crippen LogP contribution in [0.3, 0.4) is 0 Å². The molecule has 7 nitrogen and oxygen atoms in total. The Morgan fingerprint density at radius 2 is 1.58 bits per heavy atom. The fourth-order valence-corrected chi connectivity index (χ4v) is 2.81. The SMILES string of the molecule is CC(=O)Nc1ccc(NC(=O)c2ccnc(N3CCN(C)CC3)c2)cc1. The first-order valence-corrected chi connectivity index (χ1v) is 8.60. The standard InChI is InChI=1S/C19H23N5O2/c1-14(25)21-16-3-5-17(6-4-16)22-19(26)15-7-8-20-18(13-15)24-11-9-23(2)10-12-24/h3-8,13H,9-12H2,1-2H3,(H,21,25)(H,22,26). The van der Waals surface area contributed by atoms with Gasteiger partial charge in [-0.25, -0.2) is 4.98 Å². The Hall–Kier alpha value is -2.93. The molecule has 2 heterocycles. The molecular formula is C19H23N5O2. The zero-order valence-corrected chi connectivity index (χ0v) is 15.0. The molecule has 1 fully saturated rings. The number of piperazine rings is 1. The monoisotopic (exact) mass is 353 g/mol. The Balaban J connectivity index is 1.66. The number of carbonyl (C=O) groups excluding carboxylic acids is 2. The normalized spacial score (nSPS) is 14.8. The first-order valence-electron chi connectivity index (χ1n) is 8.60. The van der Waals surface area contributed by atoms with Crippen LogP contribution in [-0.4, -0.2) is 54.9 Å². The van der Waals surface area contributed by atoms with Gasteiger partial charge in [0, 0.05) is 56.2 Å². The van der Waals surface area contributed by atoms with Crippen molar-refractivity contribution in [2.75, 3.05) is 48.8 Å². The fraction of sp³-hybridized carbons (Fsp3) is 0.316. The maximum absolute atomic E-state index is 12.5. The third kappa shape index (κ3) is 4.58. The van der Waals surface area contributed by atoms with Gasteiger partial charge in [-0.3, -0.25) is 9.59 Å². The van der Waals surface area contributed by atoms with Gasteiger partial charge >= 0.3 is 0 Å². The van der Waals surface area contributed by atoms with Crippen molar-refractivity contribution >= 4 is 29.0 Å². The van der Waals surface area contributed by atoms with Gasteiger partial charge in [0.05, 0.1) is 0 Å². The number of anilines is 3. The summed E-state index contributed by atoms with van der Waals surface area (Å²) in [5, 5.41) is 5.56. The van der Waals surface area contributed by atoms with E-state index in [2.05, 4.69) is 32.5 Å². The van der Waals surface area contributed by atoms with Crippen molar-refractivity contribution in [3.8, 4) is 0 Å². The Bertz CT molecular complexity index is 783. The topological polar surface area (TPSA) is 77.6 Å². The lowest BCUT2D eigenvalue weighted by molar-refractivity contribution is -0.114. The van der Waals surface area contributed by atoms with Crippen LogP contribution in [-0.2, 0) is 4.79 Å². The molecule has 0 unspecified atom stereocenters. The number of nitrogens with zero attached hydrogens (tertiary/aromatic N) is 3. The van der Waals surface area contributed by atoms with E-state index in [9.17, 15) is 9.59 Å². The number of hydrogen-bond donors (Lipinski definition) is 2. The second kappa shape index (κ2) is 7.97. The Morgan fingerprint density at radius 3 is 2.19 bits per heavy atom. The molecule has 1 aromatic heterocycles. The summed E-state index contributed by atoms with van der Waals surface area (Å²) in [7, 11) is 2.10. The smallest absolute Gasteiger partial charge is 0.255 e. The molecule has 0 atom stereocenters. The number of benzene rings is 1. The zero-order chi connectivity index (χ0) is 18.5. The Morgan fingerprint density at radius 1 is 0.962 bits per heavy atom. The van der Waals surface area contributed by atoms with Crippen LogP contribution in [0.25, 0.3) is 0 Å². The number of carbonyl (C=O) groups is 2. The largest absolute Gasteiger partial charge is 0.354 e. The van der Waals surface area contributed by atoms with Crippen molar-refractivity contribution in [2.24, 2.45) is 0 Å². The average Bonchev–Trinajstić information content (AvgIpc) is 2.63. The molecule has 2 N–H and O–H groups in total. The summed E-state index contributed by atoms with van der Waals surface area (Å²) < 4.78 is 0. The summed E-state index contributed by atoms with van der Waals surface area (Å²) in [5.74, 6) is 0.511. The average molecular weight is 353 g/mol. The number of hydrogen-bond acceptors (Lipinski definition) is 5. The van der Waals surface area contributed by atoms with Crippen LogP contribution in [0.2, 0.25) is 0 Å². The van der Waals surface area contributed by atoms with Crippen molar-refractivity contribution in [1.29, 1.82) is 0 Å². The molecule has 0 radical (unpaired) electrons. The van der Waals surface area contributed by atoms with Gasteiger partial charge < -0.3 is 20.4 Å². The van der Waals surface area contributed by atoms with E-state index in [0.29, 0.717) is 16.9 Å². The second-order valence-electron chi connectivity index (χ2n) is 6.41. The molecule has 0 saturated carbocycles. The molecule has 2 aromatic rings. The molecule has 0 bridgehead atoms. The van der Waals surface area contributed by atoms with Gasteiger partial charge in [0.25, 0.3) is 5.91 Å². The van der Waals surface area contributed by atoms with Crippen LogP contribution in [0.5, 0.6) is 0 Å². The summed E-state index contributed by atoms with van der Waals surface area (Å²) in [6.45, 7) is 5.23. The van der Waals surface area contributed by atoms with Crippen LogP contribution in [0.4, 0.5) is 17.2 Å². The third-order valence-electron chi connectivity index (χ3n) is 4.30. The highest BCUT2D eigenvalue weighted by Crippen LogP contribution is 2.17. The molecule has 136 valence electrons. The minimum Gasteiger partial charge on any atom is -0.354 e. The predicted octanol–water partition coefficient (Wildman–Crippen LogP) is 2.04. The maximum Gasteiger partial charge on any atom is 0.255 e. The number of likely N-dealkylation sites (N-methyl/N-ethyl adjacent to an activating group) is 1. The first kappa shape index (κ1) is 17.9. The van der Waals surface area contributed by atoms with E-state index in [1.54, 1.807) is 36.5 Å². The van der Waals surface area contributed by atoms with Gasteiger partial charge in [0.1, 0.15) is 5.82 Å². The number of aromatic nitrogens is 1. The summed E-state index contributed by atoms with van der Waals surface area (Å²) >= 11 is 0. The molecule has 0 aliphatic carbocycles. The Labute approximate surface area is 153 Å². The molecule has 7 heteroatoms. The van der Waals surface area contributed by atoms with Gasteiger partial charge in [-0.05, 0) is 43.4 Å². The van der Waals surface area contributed by atoms with Crippen molar-refractivity contribution in [3.63, 3.8) is 0 Å². The van der Waals surface area contributed by atoms with Gasteiger partial charge in [0.2, 0.25) is 5.91 Å². The lowest BCUT2D eigenvalue weighted by Crippen LogP contribution is -2.44. The quantitative estimate of drug-likeness (QED) is 0.880. The molecule has 3 rings (SSSR count). The highest BCUT2D eigenvalue weighted by atomic mass is 16.2. The van der Waals surface area contributed by atoms with Crippen LogP contribution in [0.15, 0.2) is 42.6 Å². The van der Waals surface area contributed by atoms with Crippen molar-refractivity contribution < 1.29 is 9.59 Å². The summed E-state index contributed by atoms with van der Waals surface area (Å²) in [4.78, 5) is 32.4. The van der Waals surface area contributed by atoms with Crippen LogP contribution >= 0.6 is 0 Å². The third-order valence-corrected chi connectivity index (χ3v) is 4.30. The van der Waals surface area contributed by atoms with Gasteiger partial charge in [-0.1, -0.05) is 0 Å². The van der Waals surface area contributed by atoms with Crippen LogP contribution in [0.1, 0.15) is 17.3 Å². The summed E-state index contributed by atoms with van der Waals surface area (Å²) in [6.07, 6.45) is 1.67. The number of nitrogens with one attached hydrogen (secondary N) is 2. The minimum atomic E-state index is -0.185. The van der Waals surface area contributed by atoms with E-state index in [1.807, 2.05) is 6.07 Å². The fourth-order valence-electron chi connectivity index (χ4n) is 2.81. The highest BCUT2D eigenvalue weighted by molar-refractivity contribution is 6.04. The minimum absolute atomic E-state index is 0.130. The molecule has 2 amide bonds. The predicted molar refractivity (Wildman–Crippen MR) is 103 cm³/mol. The highest BCUT2D eigenvalue weighted by Gasteiger charge is 2.16. The van der Waals surface area contributed by atoms with E-state index in [-0.39, 0.29) is 11.8 Å². The Kier molecular flexibility index (Phi) is 5.48. The van der Waals surface area contributed by atoms with Crippen LogP contribution < -0.4 is 15.5 Å².